The van der Waals surface area contributed by atoms with E-state index in [0.717, 1.165) is 28.3 Å². The van der Waals surface area contributed by atoms with Gasteiger partial charge in [-0.05, 0) is 18.1 Å². The number of H-pyrrole nitrogens is 1. The summed E-state index contributed by atoms with van der Waals surface area (Å²) in [6.45, 7) is 4.33. The van der Waals surface area contributed by atoms with Gasteiger partial charge < -0.3 is 4.98 Å². The molecule has 0 bridgehead atoms. The van der Waals surface area contributed by atoms with Crippen molar-refractivity contribution in [2.75, 3.05) is 0 Å². The molecule has 0 aliphatic rings. The summed E-state index contributed by atoms with van der Waals surface area (Å²) >= 11 is 1.71. The molecular weight excluding hydrogens is 242 g/mol. The fourth-order valence-electron chi connectivity index (χ4n) is 1.90. The van der Waals surface area contributed by atoms with Gasteiger partial charge in [-0.25, -0.2) is 9.97 Å². The summed E-state index contributed by atoms with van der Waals surface area (Å²) in [4.78, 5) is 12.5. The number of hydrogen-bond donors (Lipinski definition) is 1. The van der Waals surface area contributed by atoms with E-state index in [0.29, 0.717) is 5.92 Å². The van der Waals surface area contributed by atoms with Gasteiger partial charge in [0.25, 0.3) is 0 Å². The molecule has 0 amide bonds. The molecule has 1 N–H and O–H groups in total. The largest absolute Gasteiger partial charge is 0.342 e. The third kappa shape index (κ3) is 2.16. The molecule has 0 aliphatic carbocycles. The van der Waals surface area contributed by atoms with Crippen molar-refractivity contribution in [3.63, 3.8) is 0 Å². The van der Waals surface area contributed by atoms with Crippen LogP contribution in [0.1, 0.15) is 36.3 Å². The molecule has 18 heavy (non-hydrogen) atoms. The van der Waals surface area contributed by atoms with Gasteiger partial charge in [0.1, 0.15) is 10.8 Å². The van der Waals surface area contributed by atoms with Gasteiger partial charge in [-0.3, -0.25) is 0 Å². The Morgan fingerprint density at radius 1 is 1.22 bits per heavy atom. The number of fused-ring (bicyclic) bond motifs is 1. The second kappa shape index (κ2) is 4.53. The Kier molecular flexibility index (Phi) is 2.88. The van der Waals surface area contributed by atoms with Crippen molar-refractivity contribution >= 4 is 22.4 Å². The first-order valence-electron chi connectivity index (χ1n) is 6.10. The number of hydrogen-bond acceptors (Lipinski definition) is 3. The van der Waals surface area contributed by atoms with E-state index in [2.05, 4.69) is 34.2 Å². The molecule has 0 aliphatic heterocycles. The molecule has 2 heterocycles. The lowest BCUT2D eigenvalue weighted by Gasteiger charge is -1.96. The maximum atomic E-state index is 4.63. The van der Waals surface area contributed by atoms with Crippen LogP contribution in [0.4, 0.5) is 0 Å². The van der Waals surface area contributed by atoms with Gasteiger partial charge >= 0.3 is 0 Å². The minimum atomic E-state index is 0.491. The van der Waals surface area contributed by atoms with E-state index in [1.807, 2.05) is 24.3 Å². The summed E-state index contributed by atoms with van der Waals surface area (Å²) in [5.41, 5.74) is 3.28. The van der Waals surface area contributed by atoms with Gasteiger partial charge in [-0.15, -0.1) is 11.3 Å². The fourth-order valence-corrected chi connectivity index (χ4v) is 2.86. The van der Waals surface area contributed by atoms with Crippen LogP contribution in [0.5, 0.6) is 0 Å². The maximum absolute atomic E-state index is 4.63. The highest BCUT2D eigenvalue weighted by Crippen LogP contribution is 2.20. The van der Waals surface area contributed by atoms with Crippen molar-refractivity contribution in [1.82, 2.24) is 15.0 Å². The van der Waals surface area contributed by atoms with Crippen molar-refractivity contribution in [3.05, 3.63) is 46.2 Å². The molecule has 3 rings (SSSR count). The number of nitrogens with zero attached hydrogens (tertiary/aromatic N) is 2. The van der Waals surface area contributed by atoms with Crippen LogP contribution in [-0.2, 0) is 6.42 Å². The predicted molar refractivity (Wildman–Crippen MR) is 75.1 cm³/mol. The number of imidazole rings is 1. The molecule has 3 nitrogen and oxygen atoms in total. The molecule has 3 aromatic rings. The Balaban J connectivity index is 1.86. The van der Waals surface area contributed by atoms with E-state index in [1.165, 1.54) is 5.69 Å². The van der Waals surface area contributed by atoms with Crippen molar-refractivity contribution in [3.8, 4) is 0 Å². The van der Waals surface area contributed by atoms with Gasteiger partial charge in [0.2, 0.25) is 0 Å². The molecule has 92 valence electrons. The normalized spacial score (nSPS) is 11.5. The molecule has 0 atom stereocenters. The summed E-state index contributed by atoms with van der Waals surface area (Å²) in [6, 6.07) is 8.10. The number of para-hydroxylation sites is 2. The molecule has 2 aromatic heterocycles. The maximum Gasteiger partial charge on any atom is 0.114 e. The number of aromatic amines is 1. The average Bonchev–Trinajstić information content (AvgIpc) is 2.94. The molecule has 0 fully saturated rings. The van der Waals surface area contributed by atoms with Crippen LogP contribution in [0.3, 0.4) is 0 Å². The Morgan fingerprint density at radius 2 is 2.06 bits per heavy atom. The van der Waals surface area contributed by atoms with E-state index < -0.39 is 0 Å². The zero-order valence-corrected chi connectivity index (χ0v) is 11.3. The molecule has 0 spiro atoms. The molecule has 0 saturated carbocycles. The third-order valence-corrected chi connectivity index (χ3v) is 3.79. The smallest absolute Gasteiger partial charge is 0.114 e. The second-order valence-electron chi connectivity index (χ2n) is 4.70. The number of rotatable bonds is 3. The third-order valence-electron chi connectivity index (χ3n) is 2.92. The zero-order chi connectivity index (χ0) is 12.5. The number of nitrogens with one attached hydrogen (secondary N) is 1. The van der Waals surface area contributed by atoms with Gasteiger partial charge in [0.05, 0.1) is 23.1 Å². The number of benzene rings is 1. The number of aromatic nitrogens is 3. The van der Waals surface area contributed by atoms with Crippen molar-refractivity contribution in [1.29, 1.82) is 0 Å². The summed E-state index contributed by atoms with van der Waals surface area (Å²) in [7, 11) is 0. The fraction of sp³-hybridized carbons (Fsp3) is 0.286. The summed E-state index contributed by atoms with van der Waals surface area (Å²) in [5.74, 6) is 1.48. The number of thiazole rings is 1. The van der Waals surface area contributed by atoms with Crippen molar-refractivity contribution in [2.45, 2.75) is 26.2 Å². The quantitative estimate of drug-likeness (QED) is 0.776. The lowest BCUT2D eigenvalue weighted by Crippen LogP contribution is -1.92. The summed E-state index contributed by atoms with van der Waals surface area (Å²) in [5, 5.41) is 3.26. The molecule has 0 saturated heterocycles. The SMILES string of the molecule is CC(C)c1csc(Cc2nc3ccccc3[nH]2)n1. The van der Waals surface area contributed by atoms with Gasteiger partial charge in [-0.1, -0.05) is 26.0 Å². The van der Waals surface area contributed by atoms with Crippen molar-refractivity contribution in [2.24, 2.45) is 0 Å². The van der Waals surface area contributed by atoms with Crippen LogP contribution >= 0.6 is 11.3 Å². The second-order valence-corrected chi connectivity index (χ2v) is 5.64. The lowest BCUT2D eigenvalue weighted by atomic mass is 10.2. The van der Waals surface area contributed by atoms with E-state index in [4.69, 9.17) is 0 Å². The Hall–Kier alpha value is -1.68. The minimum Gasteiger partial charge on any atom is -0.342 e. The summed E-state index contributed by atoms with van der Waals surface area (Å²) < 4.78 is 0. The van der Waals surface area contributed by atoms with Crippen LogP contribution in [0, 0.1) is 0 Å². The lowest BCUT2D eigenvalue weighted by molar-refractivity contribution is 0.823. The van der Waals surface area contributed by atoms with Crippen LogP contribution in [0.2, 0.25) is 0 Å². The average molecular weight is 257 g/mol. The van der Waals surface area contributed by atoms with E-state index in [1.54, 1.807) is 11.3 Å². The van der Waals surface area contributed by atoms with E-state index in [9.17, 15) is 0 Å². The van der Waals surface area contributed by atoms with Crippen LogP contribution in [0.15, 0.2) is 29.6 Å². The van der Waals surface area contributed by atoms with Crippen LogP contribution < -0.4 is 0 Å². The van der Waals surface area contributed by atoms with Gasteiger partial charge in [0, 0.05) is 5.38 Å². The highest BCUT2D eigenvalue weighted by atomic mass is 32.1. The minimum absolute atomic E-state index is 0.491. The summed E-state index contributed by atoms with van der Waals surface area (Å²) in [6.07, 6.45) is 0.784. The van der Waals surface area contributed by atoms with E-state index in [-0.39, 0.29) is 0 Å². The monoisotopic (exact) mass is 257 g/mol. The van der Waals surface area contributed by atoms with Gasteiger partial charge in [0.15, 0.2) is 0 Å². The molecule has 1 aromatic carbocycles. The Bertz CT molecular complexity index is 633. The Morgan fingerprint density at radius 3 is 2.78 bits per heavy atom. The highest BCUT2D eigenvalue weighted by Gasteiger charge is 2.08. The molecule has 0 unspecified atom stereocenters. The Labute approximate surface area is 110 Å². The topological polar surface area (TPSA) is 41.6 Å². The van der Waals surface area contributed by atoms with Crippen LogP contribution in [-0.4, -0.2) is 15.0 Å². The first-order chi connectivity index (χ1) is 8.72. The van der Waals surface area contributed by atoms with Gasteiger partial charge in [-0.2, -0.15) is 0 Å². The predicted octanol–water partition coefficient (Wildman–Crippen LogP) is 3.73. The molecule has 0 radical (unpaired) electrons. The molecular formula is C14H15N3S. The van der Waals surface area contributed by atoms with E-state index >= 15 is 0 Å². The highest BCUT2D eigenvalue weighted by molar-refractivity contribution is 7.09. The molecule has 4 heteroatoms. The van der Waals surface area contributed by atoms with Crippen LogP contribution in [0.25, 0.3) is 11.0 Å². The first-order valence-corrected chi connectivity index (χ1v) is 6.98. The first kappa shape index (κ1) is 11.4. The zero-order valence-electron chi connectivity index (χ0n) is 10.5. The van der Waals surface area contributed by atoms with Crippen molar-refractivity contribution < 1.29 is 0 Å². The standard InChI is InChI=1S/C14H15N3S/c1-9(2)12-8-18-14(17-12)7-13-15-10-5-3-4-6-11(10)16-13/h3-6,8-9H,7H2,1-2H3,(H,15,16).